The topological polar surface area (TPSA) is 58.4 Å². The minimum Gasteiger partial charge on any atom is -0.395 e. The van der Waals surface area contributed by atoms with E-state index in [2.05, 4.69) is 4.98 Å². The summed E-state index contributed by atoms with van der Waals surface area (Å²) in [6.45, 7) is 6.33. The fraction of sp³-hybridized carbons (Fsp3) is 0.500. The standard InChI is InChI=1S/C16H23N3O2S/c1-5-11(2)19(6-7-20)16(21)15-8-13(9-18(15)4)14-10-22-12(3)17-14/h8-11,20H,5-7H2,1-4H3. The van der Waals surface area contributed by atoms with Gasteiger partial charge >= 0.3 is 0 Å². The summed E-state index contributed by atoms with van der Waals surface area (Å²) in [5.74, 6) is -0.0518. The van der Waals surface area contributed by atoms with Gasteiger partial charge < -0.3 is 14.6 Å². The molecule has 22 heavy (non-hydrogen) atoms. The number of aromatic nitrogens is 2. The van der Waals surface area contributed by atoms with Crippen LogP contribution in [0.1, 0.15) is 35.8 Å². The summed E-state index contributed by atoms with van der Waals surface area (Å²) >= 11 is 1.60. The molecule has 2 aromatic heterocycles. The third-order valence-electron chi connectivity index (χ3n) is 3.86. The van der Waals surface area contributed by atoms with Crippen LogP contribution in [-0.2, 0) is 7.05 Å². The first-order valence-corrected chi connectivity index (χ1v) is 8.36. The Morgan fingerprint density at radius 3 is 2.82 bits per heavy atom. The van der Waals surface area contributed by atoms with Crippen LogP contribution >= 0.6 is 11.3 Å². The van der Waals surface area contributed by atoms with Crippen LogP contribution in [0.3, 0.4) is 0 Å². The number of aryl methyl sites for hydroxylation is 2. The summed E-state index contributed by atoms with van der Waals surface area (Å²) in [5.41, 5.74) is 2.46. The highest BCUT2D eigenvalue weighted by Gasteiger charge is 2.23. The number of carbonyl (C=O) groups excluding carboxylic acids is 1. The monoisotopic (exact) mass is 321 g/mol. The Bertz CT molecular complexity index is 648. The Morgan fingerprint density at radius 2 is 2.27 bits per heavy atom. The average Bonchev–Trinajstić information content (AvgIpc) is 3.09. The average molecular weight is 321 g/mol. The van der Waals surface area contributed by atoms with Gasteiger partial charge in [-0.3, -0.25) is 4.79 Å². The van der Waals surface area contributed by atoms with E-state index in [1.165, 1.54) is 0 Å². The van der Waals surface area contributed by atoms with Crippen molar-refractivity contribution < 1.29 is 9.90 Å². The molecule has 1 atom stereocenters. The lowest BCUT2D eigenvalue weighted by Crippen LogP contribution is -2.41. The lowest BCUT2D eigenvalue weighted by molar-refractivity contribution is 0.0636. The smallest absolute Gasteiger partial charge is 0.270 e. The van der Waals surface area contributed by atoms with Crippen molar-refractivity contribution in [2.45, 2.75) is 33.2 Å². The zero-order valence-electron chi connectivity index (χ0n) is 13.5. The number of aliphatic hydroxyl groups excluding tert-OH is 1. The largest absolute Gasteiger partial charge is 0.395 e. The molecule has 1 N–H and O–H groups in total. The second-order valence-corrected chi connectivity index (χ2v) is 6.52. The van der Waals surface area contributed by atoms with Gasteiger partial charge in [0.05, 0.1) is 17.3 Å². The molecule has 0 fully saturated rings. The number of hydrogen-bond acceptors (Lipinski definition) is 4. The molecule has 6 heteroatoms. The first-order chi connectivity index (χ1) is 10.5. The van der Waals surface area contributed by atoms with Crippen LogP contribution in [0.15, 0.2) is 17.6 Å². The molecule has 1 amide bonds. The number of hydrogen-bond donors (Lipinski definition) is 1. The van der Waals surface area contributed by atoms with Crippen LogP contribution in [0.4, 0.5) is 0 Å². The number of aliphatic hydroxyl groups is 1. The van der Waals surface area contributed by atoms with Gasteiger partial charge in [-0.2, -0.15) is 0 Å². The van der Waals surface area contributed by atoms with E-state index in [4.69, 9.17) is 0 Å². The number of nitrogens with zero attached hydrogens (tertiary/aromatic N) is 3. The number of rotatable bonds is 6. The van der Waals surface area contributed by atoms with Crippen molar-refractivity contribution in [2.75, 3.05) is 13.2 Å². The van der Waals surface area contributed by atoms with E-state index in [1.807, 2.05) is 50.0 Å². The molecule has 2 rings (SSSR count). The molecule has 0 saturated carbocycles. The Balaban J connectivity index is 2.31. The zero-order chi connectivity index (χ0) is 16.3. The predicted octanol–water partition coefficient (Wildman–Crippen LogP) is 2.69. The normalized spacial score (nSPS) is 12.4. The molecule has 120 valence electrons. The Hall–Kier alpha value is -1.66. The number of thiazole rings is 1. The summed E-state index contributed by atoms with van der Waals surface area (Å²) in [7, 11) is 1.86. The van der Waals surface area contributed by atoms with Gasteiger partial charge in [-0.25, -0.2) is 4.98 Å². The summed E-state index contributed by atoms with van der Waals surface area (Å²) in [5, 5.41) is 12.2. The van der Waals surface area contributed by atoms with E-state index in [-0.39, 0.29) is 18.6 Å². The quantitative estimate of drug-likeness (QED) is 0.890. The van der Waals surface area contributed by atoms with E-state index >= 15 is 0 Å². The van der Waals surface area contributed by atoms with Gasteiger partial charge in [-0.1, -0.05) is 6.92 Å². The van der Waals surface area contributed by atoms with Crippen LogP contribution in [0.5, 0.6) is 0 Å². The third-order valence-corrected chi connectivity index (χ3v) is 4.64. The van der Waals surface area contributed by atoms with E-state index in [9.17, 15) is 9.90 Å². The third kappa shape index (κ3) is 3.39. The van der Waals surface area contributed by atoms with Crippen molar-refractivity contribution in [3.63, 3.8) is 0 Å². The maximum Gasteiger partial charge on any atom is 0.270 e. The Labute approximate surface area is 135 Å². The summed E-state index contributed by atoms with van der Waals surface area (Å²) < 4.78 is 1.83. The molecule has 0 radical (unpaired) electrons. The second kappa shape index (κ2) is 7.07. The van der Waals surface area contributed by atoms with E-state index in [0.29, 0.717) is 12.2 Å². The van der Waals surface area contributed by atoms with Crippen LogP contribution in [0.25, 0.3) is 11.3 Å². The van der Waals surface area contributed by atoms with Crippen molar-refractivity contribution in [1.82, 2.24) is 14.5 Å². The molecule has 0 aliphatic carbocycles. The van der Waals surface area contributed by atoms with Gasteiger partial charge in [0.25, 0.3) is 5.91 Å². The van der Waals surface area contributed by atoms with Gasteiger partial charge in [0.2, 0.25) is 0 Å². The number of carbonyl (C=O) groups is 1. The second-order valence-electron chi connectivity index (χ2n) is 5.46. The first kappa shape index (κ1) is 16.7. The molecule has 0 aromatic carbocycles. The fourth-order valence-corrected chi connectivity index (χ4v) is 3.03. The lowest BCUT2D eigenvalue weighted by atomic mass is 10.2. The van der Waals surface area contributed by atoms with Crippen molar-refractivity contribution in [1.29, 1.82) is 0 Å². The fourth-order valence-electron chi connectivity index (χ4n) is 2.41. The molecule has 0 aliphatic heterocycles. The minimum absolute atomic E-state index is 0.0291. The Kier molecular flexibility index (Phi) is 5.37. The zero-order valence-corrected chi connectivity index (χ0v) is 14.4. The van der Waals surface area contributed by atoms with Crippen LogP contribution < -0.4 is 0 Å². The van der Waals surface area contributed by atoms with Crippen LogP contribution in [0.2, 0.25) is 0 Å². The molecule has 1 unspecified atom stereocenters. The van der Waals surface area contributed by atoms with Gasteiger partial charge in [-0.15, -0.1) is 11.3 Å². The van der Waals surface area contributed by atoms with E-state index < -0.39 is 0 Å². The van der Waals surface area contributed by atoms with Crippen LogP contribution in [-0.4, -0.2) is 44.7 Å². The molecule has 2 aromatic rings. The molecule has 0 bridgehead atoms. The summed E-state index contributed by atoms with van der Waals surface area (Å²) in [6, 6.07) is 1.98. The van der Waals surface area contributed by atoms with E-state index in [0.717, 1.165) is 22.7 Å². The van der Waals surface area contributed by atoms with Gasteiger partial charge in [0.15, 0.2) is 0 Å². The summed E-state index contributed by atoms with van der Waals surface area (Å²) in [6.07, 6.45) is 2.78. The summed E-state index contributed by atoms with van der Waals surface area (Å²) in [4.78, 5) is 19.0. The highest BCUT2D eigenvalue weighted by atomic mass is 32.1. The molecule has 0 spiro atoms. The van der Waals surface area contributed by atoms with Crippen LogP contribution in [0, 0.1) is 6.92 Å². The Morgan fingerprint density at radius 1 is 1.55 bits per heavy atom. The van der Waals surface area contributed by atoms with E-state index in [1.54, 1.807) is 16.2 Å². The SMILES string of the molecule is CCC(C)N(CCO)C(=O)c1cc(-c2csc(C)n2)cn1C. The predicted molar refractivity (Wildman–Crippen MR) is 89.1 cm³/mol. The maximum absolute atomic E-state index is 12.8. The highest BCUT2D eigenvalue weighted by Crippen LogP contribution is 2.24. The molecule has 2 heterocycles. The van der Waals surface area contributed by atoms with Crippen molar-refractivity contribution in [3.05, 3.63) is 28.3 Å². The molecule has 5 nitrogen and oxygen atoms in total. The molecule has 0 saturated heterocycles. The van der Waals surface area contributed by atoms with Crippen molar-refractivity contribution >= 4 is 17.2 Å². The van der Waals surface area contributed by atoms with Crippen molar-refractivity contribution in [3.8, 4) is 11.3 Å². The molecular weight excluding hydrogens is 298 g/mol. The van der Waals surface area contributed by atoms with Gasteiger partial charge in [-0.05, 0) is 26.3 Å². The van der Waals surface area contributed by atoms with Gasteiger partial charge in [0, 0.05) is 36.8 Å². The maximum atomic E-state index is 12.8. The lowest BCUT2D eigenvalue weighted by Gasteiger charge is -2.28. The van der Waals surface area contributed by atoms with Gasteiger partial charge in [0.1, 0.15) is 5.69 Å². The minimum atomic E-state index is -0.0518. The molecular formula is C16H23N3O2S. The first-order valence-electron chi connectivity index (χ1n) is 7.48. The molecule has 0 aliphatic rings. The highest BCUT2D eigenvalue weighted by molar-refractivity contribution is 7.09. The number of amides is 1. The van der Waals surface area contributed by atoms with Crippen molar-refractivity contribution in [2.24, 2.45) is 7.05 Å².